The maximum Gasteiger partial charge on any atom is 0.416 e. The van der Waals surface area contributed by atoms with Gasteiger partial charge in [0.15, 0.2) is 0 Å². The number of alkyl halides is 3. The fourth-order valence-corrected chi connectivity index (χ4v) is 3.47. The highest BCUT2D eigenvalue weighted by Crippen LogP contribution is 2.34. The quantitative estimate of drug-likeness (QED) is 0.853. The van der Waals surface area contributed by atoms with Gasteiger partial charge in [-0.25, -0.2) is 0 Å². The van der Waals surface area contributed by atoms with Gasteiger partial charge in [-0.05, 0) is 48.9 Å². The molecule has 1 saturated carbocycles. The third-order valence-electron chi connectivity index (χ3n) is 4.84. The molecule has 0 aliphatic heterocycles. The minimum absolute atomic E-state index is 0.0184. The SMILES string of the molecule is CC(C)C(NC(=O)[C@@H]1CCC[C@@H]1CN)c1cccc(C(F)(F)F)c1. The van der Waals surface area contributed by atoms with Crippen LogP contribution in [0.1, 0.15) is 50.3 Å². The smallest absolute Gasteiger partial charge is 0.349 e. The van der Waals surface area contributed by atoms with Gasteiger partial charge in [-0.2, -0.15) is 13.2 Å². The number of hydrogen-bond acceptors (Lipinski definition) is 2. The molecule has 2 rings (SSSR count). The summed E-state index contributed by atoms with van der Waals surface area (Å²) in [6.45, 7) is 4.24. The number of rotatable bonds is 5. The zero-order chi connectivity index (χ0) is 17.9. The topological polar surface area (TPSA) is 55.1 Å². The van der Waals surface area contributed by atoms with E-state index >= 15 is 0 Å². The molecule has 134 valence electrons. The Balaban J connectivity index is 2.19. The Bertz CT molecular complexity index is 572. The van der Waals surface area contributed by atoms with E-state index in [1.807, 2.05) is 13.8 Å². The summed E-state index contributed by atoms with van der Waals surface area (Å²) in [7, 11) is 0. The lowest BCUT2D eigenvalue weighted by Gasteiger charge is -2.27. The largest absolute Gasteiger partial charge is 0.416 e. The molecule has 0 saturated heterocycles. The average molecular weight is 342 g/mol. The number of nitrogens with one attached hydrogen (secondary N) is 1. The lowest BCUT2D eigenvalue weighted by molar-refractivity contribution is -0.137. The summed E-state index contributed by atoms with van der Waals surface area (Å²) in [5.74, 6) is -0.0874. The van der Waals surface area contributed by atoms with Crippen LogP contribution in [0.15, 0.2) is 24.3 Å². The first-order valence-corrected chi connectivity index (χ1v) is 8.41. The summed E-state index contributed by atoms with van der Waals surface area (Å²) in [6.07, 6.45) is -1.70. The standard InChI is InChI=1S/C18H25F3N2O/c1-11(2)16(12-5-3-7-14(9-12)18(19,20)21)23-17(24)15-8-4-6-13(15)10-22/h3,5,7,9,11,13,15-16H,4,6,8,10,22H2,1-2H3,(H,23,24)/t13-,15-,16?/m1/s1. The van der Waals surface area contributed by atoms with Crippen LogP contribution in [-0.4, -0.2) is 12.5 Å². The van der Waals surface area contributed by atoms with Crippen LogP contribution < -0.4 is 11.1 Å². The molecule has 1 aliphatic rings. The Morgan fingerprint density at radius 3 is 2.62 bits per heavy atom. The first-order valence-electron chi connectivity index (χ1n) is 8.41. The van der Waals surface area contributed by atoms with Crippen molar-refractivity contribution in [2.24, 2.45) is 23.5 Å². The van der Waals surface area contributed by atoms with Gasteiger partial charge < -0.3 is 11.1 Å². The van der Waals surface area contributed by atoms with E-state index in [2.05, 4.69) is 5.32 Å². The van der Waals surface area contributed by atoms with Crippen molar-refractivity contribution in [3.63, 3.8) is 0 Å². The molecule has 0 radical (unpaired) electrons. The summed E-state index contributed by atoms with van der Waals surface area (Å²) in [6, 6.07) is 4.75. The fraction of sp³-hybridized carbons (Fsp3) is 0.611. The molecular formula is C18H25F3N2O. The predicted octanol–water partition coefficient (Wildman–Crippen LogP) is 3.89. The third kappa shape index (κ3) is 4.29. The monoisotopic (exact) mass is 342 g/mol. The molecule has 6 heteroatoms. The molecule has 3 nitrogen and oxygen atoms in total. The lowest BCUT2D eigenvalue weighted by atomic mass is 9.91. The van der Waals surface area contributed by atoms with E-state index in [1.54, 1.807) is 6.07 Å². The van der Waals surface area contributed by atoms with Crippen LogP contribution in [0.25, 0.3) is 0 Å². The molecular weight excluding hydrogens is 317 g/mol. The van der Waals surface area contributed by atoms with Crippen molar-refractivity contribution in [3.8, 4) is 0 Å². The predicted molar refractivity (Wildman–Crippen MR) is 87.1 cm³/mol. The van der Waals surface area contributed by atoms with E-state index in [0.29, 0.717) is 12.1 Å². The summed E-state index contributed by atoms with van der Waals surface area (Å²) >= 11 is 0. The molecule has 1 aromatic carbocycles. The van der Waals surface area contributed by atoms with Crippen LogP contribution in [0.2, 0.25) is 0 Å². The highest BCUT2D eigenvalue weighted by molar-refractivity contribution is 5.79. The number of halogens is 3. The van der Waals surface area contributed by atoms with Crippen LogP contribution >= 0.6 is 0 Å². The number of nitrogens with two attached hydrogens (primary N) is 1. The normalized spacial score (nSPS) is 22.6. The number of carbonyl (C=O) groups is 1. The van der Waals surface area contributed by atoms with Gasteiger partial charge in [-0.15, -0.1) is 0 Å². The minimum atomic E-state index is -4.39. The second-order valence-electron chi connectivity index (χ2n) is 6.89. The highest BCUT2D eigenvalue weighted by atomic mass is 19.4. The van der Waals surface area contributed by atoms with Crippen LogP contribution in [0, 0.1) is 17.8 Å². The Kier molecular flexibility index (Phi) is 5.91. The van der Waals surface area contributed by atoms with Crippen molar-refractivity contribution in [3.05, 3.63) is 35.4 Å². The van der Waals surface area contributed by atoms with Gasteiger partial charge in [0.1, 0.15) is 0 Å². The van der Waals surface area contributed by atoms with Crippen molar-refractivity contribution in [2.45, 2.75) is 45.3 Å². The van der Waals surface area contributed by atoms with E-state index in [1.165, 1.54) is 6.07 Å². The second kappa shape index (κ2) is 7.55. The van der Waals surface area contributed by atoms with Crippen molar-refractivity contribution in [1.82, 2.24) is 5.32 Å². The first-order chi connectivity index (χ1) is 11.2. The minimum Gasteiger partial charge on any atom is -0.349 e. The lowest BCUT2D eigenvalue weighted by Crippen LogP contribution is -2.39. The molecule has 1 aliphatic carbocycles. The number of carbonyl (C=O) groups excluding carboxylic acids is 1. The van der Waals surface area contributed by atoms with E-state index < -0.39 is 17.8 Å². The summed E-state index contributed by atoms with van der Waals surface area (Å²) < 4.78 is 38.8. The van der Waals surface area contributed by atoms with Gasteiger partial charge in [-0.1, -0.05) is 32.4 Å². The van der Waals surface area contributed by atoms with Crippen molar-refractivity contribution < 1.29 is 18.0 Å². The second-order valence-corrected chi connectivity index (χ2v) is 6.89. The van der Waals surface area contributed by atoms with Gasteiger partial charge >= 0.3 is 6.18 Å². The molecule has 1 unspecified atom stereocenters. The van der Waals surface area contributed by atoms with E-state index in [4.69, 9.17) is 5.73 Å². The zero-order valence-electron chi connectivity index (χ0n) is 14.1. The maximum absolute atomic E-state index is 12.9. The third-order valence-corrected chi connectivity index (χ3v) is 4.84. The van der Waals surface area contributed by atoms with Gasteiger partial charge in [0.05, 0.1) is 11.6 Å². The van der Waals surface area contributed by atoms with Crippen LogP contribution in [0.5, 0.6) is 0 Å². The van der Waals surface area contributed by atoms with Gasteiger partial charge in [0.25, 0.3) is 0 Å². The molecule has 3 atom stereocenters. The molecule has 24 heavy (non-hydrogen) atoms. The van der Waals surface area contributed by atoms with Crippen molar-refractivity contribution in [2.75, 3.05) is 6.54 Å². The molecule has 0 spiro atoms. The first kappa shape index (κ1) is 18.8. The Morgan fingerprint density at radius 2 is 2.04 bits per heavy atom. The van der Waals surface area contributed by atoms with E-state index in [0.717, 1.165) is 31.4 Å². The van der Waals surface area contributed by atoms with Crippen molar-refractivity contribution >= 4 is 5.91 Å². The molecule has 0 heterocycles. The van der Waals surface area contributed by atoms with Gasteiger partial charge in [0.2, 0.25) is 5.91 Å². The molecule has 1 aromatic rings. The highest BCUT2D eigenvalue weighted by Gasteiger charge is 2.34. The molecule has 1 fully saturated rings. The fourth-order valence-electron chi connectivity index (χ4n) is 3.47. The average Bonchev–Trinajstić information content (AvgIpc) is 3.00. The molecule has 1 amide bonds. The zero-order valence-corrected chi connectivity index (χ0v) is 14.1. The summed E-state index contributed by atoms with van der Waals surface area (Å²) in [5, 5.41) is 2.96. The molecule has 0 bridgehead atoms. The Labute approximate surface area is 140 Å². The van der Waals surface area contributed by atoms with E-state index in [-0.39, 0.29) is 23.7 Å². The molecule has 0 aromatic heterocycles. The number of amides is 1. The Hall–Kier alpha value is -1.56. The number of hydrogen-bond donors (Lipinski definition) is 2. The van der Waals surface area contributed by atoms with Gasteiger partial charge in [-0.3, -0.25) is 4.79 Å². The number of benzene rings is 1. The summed E-state index contributed by atoms with van der Waals surface area (Å²) in [5.41, 5.74) is 5.51. The van der Waals surface area contributed by atoms with Crippen LogP contribution in [-0.2, 0) is 11.0 Å². The van der Waals surface area contributed by atoms with Crippen molar-refractivity contribution in [1.29, 1.82) is 0 Å². The van der Waals surface area contributed by atoms with Crippen LogP contribution in [0.4, 0.5) is 13.2 Å². The van der Waals surface area contributed by atoms with Crippen LogP contribution in [0.3, 0.4) is 0 Å². The van der Waals surface area contributed by atoms with Gasteiger partial charge in [0, 0.05) is 5.92 Å². The maximum atomic E-state index is 12.9. The van der Waals surface area contributed by atoms with E-state index in [9.17, 15) is 18.0 Å². The summed E-state index contributed by atoms with van der Waals surface area (Å²) in [4.78, 5) is 12.6. The molecule has 3 N–H and O–H groups in total. The Morgan fingerprint density at radius 1 is 1.33 bits per heavy atom.